The first-order valence-electron chi connectivity index (χ1n) is 4.80. The fourth-order valence-electron chi connectivity index (χ4n) is 1.19. The zero-order valence-corrected chi connectivity index (χ0v) is 9.14. The van der Waals surface area contributed by atoms with Crippen LogP contribution in [0.1, 0.15) is 17.3 Å². The van der Waals surface area contributed by atoms with E-state index in [0.29, 0.717) is 11.9 Å². The molecule has 0 aliphatic heterocycles. The minimum atomic E-state index is -1.07. The quantitative estimate of drug-likeness (QED) is 0.629. The van der Waals surface area contributed by atoms with Gasteiger partial charge >= 0.3 is 5.97 Å². The number of benzene rings is 1. The van der Waals surface area contributed by atoms with E-state index in [0.717, 1.165) is 18.2 Å². The largest absolute Gasteiger partial charge is 0.489 e. The molecule has 0 fully saturated rings. The zero-order chi connectivity index (χ0) is 12.8. The van der Waals surface area contributed by atoms with Gasteiger partial charge in [-0.2, -0.15) is 0 Å². The predicted molar refractivity (Wildman–Crippen MR) is 58.7 cm³/mol. The molecule has 1 aromatic carbocycles. The average molecular weight is 238 g/mol. The van der Waals surface area contributed by atoms with Crippen molar-refractivity contribution in [2.75, 3.05) is 6.61 Å². The summed E-state index contributed by atoms with van der Waals surface area (Å²) in [5, 5.41) is 8.47. The predicted octanol–water partition coefficient (Wildman–Crippen LogP) is 2.05. The monoisotopic (exact) mass is 238 g/mol. The minimum Gasteiger partial charge on any atom is -0.489 e. The van der Waals surface area contributed by atoms with Crippen LogP contribution in [0.4, 0.5) is 4.39 Å². The summed E-state index contributed by atoms with van der Waals surface area (Å²) < 4.78 is 18.2. The van der Waals surface area contributed by atoms with Crippen LogP contribution in [0.25, 0.3) is 0 Å². The van der Waals surface area contributed by atoms with Crippen molar-refractivity contribution in [3.8, 4) is 5.75 Å². The zero-order valence-electron chi connectivity index (χ0n) is 9.14. The molecule has 0 radical (unpaired) electrons. The lowest BCUT2D eigenvalue weighted by molar-refractivity contribution is -0.131. The molecule has 0 bridgehead atoms. The van der Waals surface area contributed by atoms with Gasteiger partial charge in [-0.1, -0.05) is 0 Å². The standard InChI is InChI=1S/C12H11FO4/c1-8(2-12(15)16)7-17-11-4-9(6-14)3-10(13)5-11/h2-6H,7H2,1H3,(H,15,16)/b8-2-. The summed E-state index contributed by atoms with van der Waals surface area (Å²) >= 11 is 0. The minimum absolute atomic E-state index is 0.0219. The van der Waals surface area contributed by atoms with Gasteiger partial charge in [-0.25, -0.2) is 9.18 Å². The Balaban J connectivity index is 2.72. The lowest BCUT2D eigenvalue weighted by atomic mass is 10.2. The number of rotatable bonds is 5. The third kappa shape index (κ3) is 4.46. The normalized spacial score (nSPS) is 11.1. The van der Waals surface area contributed by atoms with Crippen LogP contribution in [0.15, 0.2) is 29.8 Å². The molecule has 0 saturated carbocycles. The second-order valence-electron chi connectivity index (χ2n) is 3.46. The first kappa shape index (κ1) is 12.9. The molecule has 0 amide bonds. The third-order valence-electron chi connectivity index (χ3n) is 1.87. The molecule has 90 valence electrons. The van der Waals surface area contributed by atoms with Gasteiger partial charge in [0.05, 0.1) is 0 Å². The van der Waals surface area contributed by atoms with Crippen LogP contribution < -0.4 is 4.74 Å². The van der Waals surface area contributed by atoms with Gasteiger partial charge in [-0.3, -0.25) is 4.79 Å². The summed E-state index contributed by atoms with van der Waals surface area (Å²) in [6.45, 7) is 1.60. The van der Waals surface area contributed by atoms with E-state index in [1.165, 1.54) is 6.07 Å². The fraction of sp³-hybridized carbons (Fsp3) is 0.167. The highest BCUT2D eigenvalue weighted by Gasteiger charge is 2.02. The van der Waals surface area contributed by atoms with Gasteiger partial charge in [-0.15, -0.1) is 0 Å². The molecule has 0 saturated heterocycles. The van der Waals surface area contributed by atoms with Gasteiger partial charge in [-0.05, 0) is 24.6 Å². The smallest absolute Gasteiger partial charge is 0.328 e. The van der Waals surface area contributed by atoms with E-state index in [1.54, 1.807) is 6.92 Å². The number of carboxylic acids is 1. The lowest BCUT2D eigenvalue weighted by Crippen LogP contribution is -2.02. The Hall–Kier alpha value is -2.17. The highest BCUT2D eigenvalue weighted by molar-refractivity contribution is 5.80. The SMILES string of the molecule is C/C(=C/C(=O)O)COc1cc(F)cc(C=O)c1. The van der Waals surface area contributed by atoms with Gasteiger partial charge in [0, 0.05) is 17.7 Å². The molecule has 0 spiro atoms. The second-order valence-corrected chi connectivity index (χ2v) is 3.46. The van der Waals surface area contributed by atoms with E-state index in [4.69, 9.17) is 9.84 Å². The van der Waals surface area contributed by atoms with Crippen molar-refractivity contribution in [2.45, 2.75) is 6.92 Å². The van der Waals surface area contributed by atoms with Crippen LogP contribution in [0.3, 0.4) is 0 Å². The molecule has 0 atom stereocenters. The highest BCUT2D eigenvalue weighted by atomic mass is 19.1. The molecule has 0 heterocycles. The van der Waals surface area contributed by atoms with Crippen molar-refractivity contribution in [3.05, 3.63) is 41.2 Å². The molecular weight excluding hydrogens is 227 g/mol. The lowest BCUT2D eigenvalue weighted by Gasteiger charge is -2.06. The van der Waals surface area contributed by atoms with E-state index < -0.39 is 11.8 Å². The number of aliphatic carboxylic acids is 1. The Morgan fingerprint density at radius 1 is 1.47 bits per heavy atom. The summed E-state index contributed by atoms with van der Waals surface area (Å²) in [6, 6.07) is 3.59. The number of carbonyl (C=O) groups excluding carboxylic acids is 1. The number of aldehydes is 1. The maximum absolute atomic E-state index is 13.0. The van der Waals surface area contributed by atoms with Crippen LogP contribution >= 0.6 is 0 Å². The van der Waals surface area contributed by atoms with Crippen molar-refractivity contribution in [3.63, 3.8) is 0 Å². The highest BCUT2D eigenvalue weighted by Crippen LogP contribution is 2.16. The van der Waals surface area contributed by atoms with Crippen molar-refractivity contribution in [2.24, 2.45) is 0 Å². The van der Waals surface area contributed by atoms with E-state index in [9.17, 15) is 14.0 Å². The average Bonchev–Trinajstić information content (AvgIpc) is 2.24. The van der Waals surface area contributed by atoms with Crippen LogP contribution in [0, 0.1) is 5.82 Å². The number of hydrogen-bond acceptors (Lipinski definition) is 3. The second kappa shape index (κ2) is 5.79. The third-order valence-corrected chi connectivity index (χ3v) is 1.87. The molecule has 1 aromatic rings. The van der Waals surface area contributed by atoms with Gasteiger partial charge in [0.2, 0.25) is 0 Å². The van der Waals surface area contributed by atoms with Crippen LogP contribution in [0.5, 0.6) is 5.75 Å². The Morgan fingerprint density at radius 3 is 2.76 bits per heavy atom. The summed E-state index contributed by atoms with van der Waals surface area (Å²) in [7, 11) is 0. The summed E-state index contributed by atoms with van der Waals surface area (Å²) in [5.41, 5.74) is 0.647. The topological polar surface area (TPSA) is 63.6 Å². The first-order chi connectivity index (χ1) is 8.01. The first-order valence-corrected chi connectivity index (χ1v) is 4.80. The Bertz CT molecular complexity index is 466. The molecule has 5 heteroatoms. The maximum Gasteiger partial charge on any atom is 0.328 e. The van der Waals surface area contributed by atoms with E-state index in [-0.39, 0.29) is 17.9 Å². The molecule has 1 N–H and O–H groups in total. The molecule has 0 aliphatic rings. The Morgan fingerprint density at radius 2 is 2.18 bits per heavy atom. The van der Waals surface area contributed by atoms with E-state index >= 15 is 0 Å². The maximum atomic E-state index is 13.0. The van der Waals surface area contributed by atoms with Crippen LogP contribution in [-0.4, -0.2) is 24.0 Å². The van der Waals surface area contributed by atoms with Crippen LogP contribution in [-0.2, 0) is 4.79 Å². The number of halogens is 1. The summed E-state index contributed by atoms with van der Waals surface area (Å²) in [5.74, 6) is -1.46. The van der Waals surface area contributed by atoms with Crippen molar-refractivity contribution < 1.29 is 23.8 Å². The van der Waals surface area contributed by atoms with Gasteiger partial charge in [0.1, 0.15) is 24.5 Å². The van der Waals surface area contributed by atoms with Gasteiger partial charge in [0.25, 0.3) is 0 Å². The molecule has 0 aliphatic carbocycles. The van der Waals surface area contributed by atoms with E-state index in [1.807, 2.05) is 0 Å². The van der Waals surface area contributed by atoms with E-state index in [2.05, 4.69) is 0 Å². The summed E-state index contributed by atoms with van der Waals surface area (Å²) in [6.07, 6.45) is 1.51. The Kier molecular flexibility index (Phi) is 4.39. The molecule has 4 nitrogen and oxygen atoms in total. The number of carboxylic acid groups (broad SMARTS) is 1. The molecule has 17 heavy (non-hydrogen) atoms. The number of carbonyl (C=O) groups is 2. The number of ether oxygens (including phenoxy) is 1. The van der Waals surface area contributed by atoms with Crippen molar-refractivity contribution in [1.82, 2.24) is 0 Å². The van der Waals surface area contributed by atoms with Crippen molar-refractivity contribution >= 4 is 12.3 Å². The summed E-state index contributed by atoms with van der Waals surface area (Å²) in [4.78, 5) is 20.8. The van der Waals surface area contributed by atoms with Crippen LogP contribution in [0.2, 0.25) is 0 Å². The molecule has 0 unspecified atom stereocenters. The number of hydrogen-bond donors (Lipinski definition) is 1. The van der Waals surface area contributed by atoms with Gasteiger partial charge in [0.15, 0.2) is 0 Å². The van der Waals surface area contributed by atoms with Gasteiger partial charge < -0.3 is 9.84 Å². The molecular formula is C12H11FO4. The fourth-order valence-corrected chi connectivity index (χ4v) is 1.19. The van der Waals surface area contributed by atoms with Crippen molar-refractivity contribution in [1.29, 1.82) is 0 Å². The molecule has 1 rings (SSSR count). The molecule has 0 aromatic heterocycles. The Labute approximate surface area is 97.3 Å².